The summed E-state index contributed by atoms with van der Waals surface area (Å²) in [6.45, 7) is 3.32. The average molecular weight is 355 g/mol. The monoisotopic (exact) mass is 355 g/mol. The summed E-state index contributed by atoms with van der Waals surface area (Å²) in [5, 5.41) is 26.3. The molecule has 0 aliphatic carbocycles. The molecule has 0 unspecified atom stereocenters. The van der Waals surface area contributed by atoms with Crippen molar-refractivity contribution in [2.75, 3.05) is 0 Å². The fourth-order valence-electron chi connectivity index (χ4n) is 3.30. The number of carboxylic acid groups (broad SMARTS) is 2. The standard InChI is InChI=1S/C19H17NO4S/c1-10-15(18(21)22)17(16(19(23)24)11(2)20-10)14-6-4-3-5-13(14)12-7-8-25-9-12/h3-9,17,20H,1-2H3,(H,21,22)(H,23,24). The molecular formula is C19H17NO4S. The van der Waals surface area contributed by atoms with Crippen LogP contribution in [0.5, 0.6) is 0 Å². The summed E-state index contributed by atoms with van der Waals surface area (Å²) in [4.78, 5) is 23.8. The van der Waals surface area contributed by atoms with Crippen LogP contribution in [-0.4, -0.2) is 22.2 Å². The molecule has 0 saturated carbocycles. The van der Waals surface area contributed by atoms with Crippen molar-refractivity contribution >= 4 is 23.3 Å². The van der Waals surface area contributed by atoms with Gasteiger partial charge in [0.1, 0.15) is 0 Å². The zero-order valence-electron chi connectivity index (χ0n) is 13.7. The van der Waals surface area contributed by atoms with Crippen LogP contribution in [0.15, 0.2) is 63.6 Å². The van der Waals surface area contributed by atoms with Crippen LogP contribution in [0.3, 0.4) is 0 Å². The Morgan fingerprint density at radius 2 is 1.60 bits per heavy atom. The van der Waals surface area contributed by atoms with Gasteiger partial charge < -0.3 is 15.5 Å². The predicted octanol–water partition coefficient (Wildman–Crippen LogP) is 3.82. The van der Waals surface area contributed by atoms with Gasteiger partial charge in [-0.1, -0.05) is 24.3 Å². The number of thiophene rings is 1. The number of carboxylic acids is 2. The Kier molecular flexibility index (Phi) is 4.46. The van der Waals surface area contributed by atoms with Gasteiger partial charge in [-0.3, -0.25) is 0 Å². The van der Waals surface area contributed by atoms with Gasteiger partial charge in [0.15, 0.2) is 0 Å². The van der Waals surface area contributed by atoms with E-state index in [0.717, 1.165) is 11.1 Å². The molecule has 1 aliphatic rings. The number of carbonyl (C=O) groups is 2. The third-order valence-electron chi connectivity index (χ3n) is 4.33. The summed E-state index contributed by atoms with van der Waals surface area (Å²) < 4.78 is 0. The van der Waals surface area contributed by atoms with E-state index < -0.39 is 17.9 Å². The van der Waals surface area contributed by atoms with Crippen LogP contribution in [0.25, 0.3) is 11.1 Å². The minimum atomic E-state index is -1.12. The number of hydrogen-bond acceptors (Lipinski definition) is 4. The SMILES string of the molecule is CC1=C(C(=O)O)C(c2ccccc2-c2ccsc2)C(C(=O)O)=C(C)N1. The van der Waals surface area contributed by atoms with E-state index in [1.165, 1.54) is 11.3 Å². The number of hydrogen-bond donors (Lipinski definition) is 3. The molecule has 0 spiro atoms. The van der Waals surface area contributed by atoms with Crippen molar-refractivity contribution < 1.29 is 19.8 Å². The molecule has 0 amide bonds. The molecule has 0 fully saturated rings. The third kappa shape index (κ3) is 2.96. The second kappa shape index (κ2) is 6.57. The van der Waals surface area contributed by atoms with Gasteiger partial charge in [-0.25, -0.2) is 9.59 Å². The first-order valence-corrected chi connectivity index (χ1v) is 8.62. The Balaban J connectivity index is 2.30. The van der Waals surface area contributed by atoms with Crippen molar-refractivity contribution in [2.24, 2.45) is 0 Å². The highest BCUT2D eigenvalue weighted by Gasteiger charge is 2.37. The van der Waals surface area contributed by atoms with Crippen molar-refractivity contribution in [1.29, 1.82) is 0 Å². The van der Waals surface area contributed by atoms with E-state index in [2.05, 4.69) is 5.32 Å². The minimum Gasteiger partial charge on any atom is -0.478 e. The van der Waals surface area contributed by atoms with Crippen LogP contribution in [0.4, 0.5) is 0 Å². The van der Waals surface area contributed by atoms with Crippen LogP contribution in [0, 0.1) is 0 Å². The second-order valence-corrected chi connectivity index (χ2v) is 6.62. The van der Waals surface area contributed by atoms with E-state index in [-0.39, 0.29) is 11.1 Å². The second-order valence-electron chi connectivity index (χ2n) is 5.84. The molecule has 128 valence electrons. The predicted molar refractivity (Wildman–Crippen MR) is 96.3 cm³/mol. The fourth-order valence-corrected chi connectivity index (χ4v) is 3.96. The Morgan fingerprint density at radius 1 is 1.00 bits per heavy atom. The van der Waals surface area contributed by atoms with E-state index >= 15 is 0 Å². The first kappa shape index (κ1) is 17.0. The maximum Gasteiger partial charge on any atom is 0.334 e. The van der Waals surface area contributed by atoms with E-state index in [4.69, 9.17) is 0 Å². The Hall–Kier alpha value is -2.86. The lowest BCUT2D eigenvalue weighted by Gasteiger charge is -2.30. The zero-order valence-corrected chi connectivity index (χ0v) is 14.6. The molecule has 2 heterocycles. The molecule has 0 saturated heterocycles. The number of benzene rings is 1. The first-order chi connectivity index (χ1) is 11.9. The van der Waals surface area contributed by atoms with Gasteiger partial charge in [0.2, 0.25) is 0 Å². The van der Waals surface area contributed by atoms with Crippen molar-refractivity contribution in [3.8, 4) is 11.1 Å². The molecular weight excluding hydrogens is 338 g/mol. The van der Waals surface area contributed by atoms with Gasteiger partial charge in [0.05, 0.1) is 17.1 Å². The number of rotatable bonds is 4. The van der Waals surface area contributed by atoms with E-state index in [0.29, 0.717) is 17.0 Å². The Morgan fingerprint density at radius 3 is 2.12 bits per heavy atom. The maximum atomic E-state index is 11.9. The number of allylic oxidation sites excluding steroid dienone is 2. The van der Waals surface area contributed by atoms with Crippen LogP contribution < -0.4 is 5.32 Å². The fraction of sp³-hybridized carbons (Fsp3) is 0.158. The summed E-state index contributed by atoms with van der Waals surface area (Å²) in [5.41, 5.74) is 3.50. The van der Waals surface area contributed by atoms with Crippen molar-refractivity contribution in [3.05, 3.63) is 69.2 Å². The molecule has 0 radical (unpaired) electrons. The highest BCUT2D eigenvalue weighted by Crippen LogP contribution is 2.42. The van der Waals surface area contributed by atoms with Crippen LogP contribution >= 0.6 is 11.3 Å². The maximum absolute atomic E-state index is 11.9. The largest absolute Gasteiger partial charge is 0.478 e. The van der Waals surface area contributed by atoms with Gasteiger partial charge in [-0.2, -0.15) is 11.3 Å². The van der Waals surface area contributed by atoms with Crippen LogP contribution in [-0.2, 0) is 9.59 Å². The van der Waals surface area contributed by atoms with Gasteiger partial charge in [-0.15, -0.1) is 0 Å². The highest BCUT2D eigenvalue weighted by atomic mass is 32.1. The molecule has 3 rings (SSSR count). The summed E-state index contributed by atoms with van der Waals surface area (Å²) in [5.74, 6) is -3.09. The molecule has 1 aromatic heterocycles. The average Bonchev–Trinajstić information content (AvgIpc) is 3.07. The van der Waals surface area contributed by atoms with Gasteiger partial charge in [-0.05, 0) is 47.4 Å². The van der Waals surface area contributed by atoms with Gasteiger partial charge in [0.25, 0.3) is 0 Å². The lowest BCUT2D eigenvalue weighted by molar-refractivity contribution is -0.133. The molecule has 2 aromatic rings. The molecule has 6 heteroatoms. The summed E-state index contributed by atoms with van der Waals surface area (Å²) >= 11 is 1.54. The molecule has 5 nitrogen and oxygen atoms in total. The number of dihydropyridines is 1. The lowest BCUT2D eigenvalue weighted by Crippen LogP contribution is -2.31. The summed E-state index contributed by atoms with van der Waals surface area (Å²) in [6, 6.07) is 9.31. The minimum absolute atomic E-state index is 0.0608. The molecule has 0 bridgehead atoms. The Bertz CT molecular complexity index is 873. The topological polar surface area (TPSA) is 86.6 Å². The van der Waals surface area contributed by atoms with E-state index in [9.17, 15) is 19.8 Å². The lowest BCUT2D eigenvalue weighted by atomic mass is 9.78. The number of aliphatic carboxylic acids is 2. The Labute approximate surface area is 148 Å². The van der Waals surface area contributed by atoms with Gasteiger partial charge in [0, 0.05) is 11.4 Å². The zero-order chi connectivity index (χ0) is 18.1. The molecule has 1 aliphatic heterocycles. The quantitative estimate of drug-likeness (QED) is 0.776. The van der Waals surface area contributed by atoms with Gasteiger partial charge >= 0.3 is 11.9 Å². The smallest absolute Gasteiger partial charge is 0.334 e. The van der Waals surface area contributed by atoms with E-state index in [1.54, 1.807) is 26.0 Å². The molecule has 3 N–H and O–H groups in total. The van der Waals surface area contributed by atoms with Crippen LogP contribution in [0.2, 0.25) is 0 Å². The normalized spacial score (nSPS) is 15.3. The van der Waals surface area contributed by atoms with E-state index in [1.807, 2.05) is 29.0 Å². The van der Waals surface area contributed by atoms with Crippen molar-refractivity contribution in [1.82, 2.24) is 5.32 Å². The third-order valence-corrected chi connectivity index (χ3v) is 5.01. The first-order valence-electron chi connectivity index (χ1n) is 7.68. The number of nitrogens with one attached hydrogen (secondary N) is 1. The van der Waals surface area contributed by atoms with Crippen molar-refractivity contribution in [2.45, 2.75) is 19.8 Å². The van der Waals surface area contributed by atoms with Crippen molar-refractivity contribution in [3.63, 3.8) is 0 Å². The molecule has 1 aromatic carbocycles. The van der Waals surface area contributed by atoms with Crippen LogP contribution in [0.1, 0.15) is 25.3 Å². The highest BCUT2D eigenvalue weighted by molar-refractivity contribution is 7.08. The molecule has 0 atom stereocenters. The summed E-state index contributed by atoms with van der Waals surface area (Å²) in [7, 11) is 0. The summed E-state index contributed by atoms with van der Waals surface area (Å²) in [6.07, 6.45) is 0. The molecule has 25 heavy (non-hydrogen) atoms.